The van der Waals surface area contributed by atoms with Gasteiger partial charge in [-0.1, -0.05) is 25.3 Å². The van der Waals surface area contributed by atoms with Crippen LogP contribution in [0, 0.1) is 20.6 Å². The third kappa shape index (κ3) is 2.95. The van der Waals surface area contributed by atoms with Crippen molar-refractivity contribution in [2.45, 2.75) is 58.6 Å². The summed E-state index contributed by atoms with van der Waals surface area (Å²) in [5.74, 6) is -0.926. The maximum absolute atomic E-state index is 9.06. The topological polar surface area (TPSA) is 3.88 Å². The summed E-state index contributed by atoms with van der Waals surface area (Å²) in [4.78, 5) is 0. The molecule has 1 aromatic heterocycles. The molecule has 0 bridgehead atoms. The van der Waals surface area contributed by atoms with E-state index in [0.29, 0.717) is 24.1 Å². The molecule has 1 heteroatoms. The van der Waals surface area contributed by atoms with E-state index in [9.17, 15) is 0 Å². The average Bonchev–Trinajstić information content (AvgIpc) is 2.61. The van der Waals surface area contributed by atoms with Gasteiger partial charge in [-0.3, -0.25) is 0 Å². The van der Waals surface area contributed by atoms with Gasteiger partial charge in [0.15, 0.2) is 6.20 Å². The van der Waals surface area contributed by atoms with Crippen LogP contribution in [0.15, 0.2) is 30.5 Å². The Morgan fingerprint density at radius 2 is 1.91 bits per heavy atom. The van der Waals surface area contributed by atoms with Crippen LogP contribution in [0.25, 0.3) is 11.3 Å². The van der Waals surface area contributed by atoms with Crippen molar-refractivity contribution in [3.05, 3.63) is 52.7 Å². The zero-order valence-corrected chi connectivity index (χ0v) is 13.4. The molecule has 1 aliphatic carbocycles. The Morgan fingerprint density at radius 1 is 1.09 bits per heavy atom. The number of aryl methyl sites for hydroxylation is 4. The standard InChI is InChI=1S/C21H28N/c1-15-10-11-22(4)21(12-15)20-14-19(16(2)13-17(20)3)18-8-6-5-7-9-18/h10-14,18H,5-9H2,1-4H3/q+1/i1D3,2D3,18D. The number of nitrogens with zero attached hydrogens (tertiary/aromatic N) is 1. The van der Waals surface area contributed by atoms with Crippen LogP contribution in [-0.2, 0) is 7.05 Å². The van der Waals surface area contributed by atoms with E-state index in [2.05, 4.69) is 0 Å². The lowest BCUT2D eigenvalue weighted by Crippen LogP contribution is -2.30. The minimum Gasteiger partial charge on any atom is -0.201 e. The first-order valence-electron chi connectivity index (χ1n) is 11.5. The molecule has 0 atom stereocenters. The molecule has 0 aliphatic heterocycles. The van der Waals surface area contributed by atoms with E-state index in [4.69, 9.17) is 9.60 Å². The van der Waals surface area contributed by atoms with E-state index in [1.807, 2.05) is 24.6 Å². The van der Waals surface area contributed by atoms with E-state index in [-0.39, 0.29) is 11.1 Å². The van der Waals surface area contributed by atoms with Crippen LogP contribution in [0.1, 0.15) is 69.8 Å². The zero-order valence-electron chi connectivity index (χ0n) is 20.4. The van der Waals surface area contributed by atoms with Gasteiger partial charge in [-0.15, -0.1) is 0 Å². The first-order chi connectivity index (χ1) is 13.3. The van der Waals surface area contributed by atoms with Crippen LogP contribution in [0.2, 0.25) is 0 Å². The molecule has 0 radical (unpaired) electrons. The van der Waals surface area contributed by atoms with Gasteiger partial charge in [-0.2, -0.15) is 0 Å². The molecule has 1 aromatic carbocycles. The van der Waals surface area contributed by atoms with Crippen LogP contribution in [0.5, 0.6) is 0 Å². The smallest absolute Gasteiger partial charge is 0.201 e. The Balaban J connectivity index is 2.26. The van der Waals surface area contributed by atoms with Gasteiger partial charge < -0.3 is 0 Å². The van der Waals surface area contributed by atoms with E-state index in [1.54, 1.807) is 24.4 Å². The fourth-order valence-electron chi connectivity index (χ4n) is 3.36. The van der Waals surface area contributed by atoms with Gasteiger partial charge in [-0.05, 0) is 67.7 Å². The number of aromatic nitrogens is 1. The lowest BCUT2D eigenvalue weighted by atomic mass is 9.81. The van der Waals surface area contributed by atoms with Crippen LogP contribution < -0.4 is 4.57 Å². The molecular formula is C21H28N+. The molecule has 3 rings (SSSR count). The van der Waals surface area contributed by atoms with E-state index < -0.39 is 19.6 Å². The van der Waals surface area contributed by atoms with Crippen LogP contribution in [-0.4, -0.2) is 0 Å². The highest BCUT2D eigenvalue weighted by atomic mass is 14.9. The molecule has 1 nitrogen and oxygen atoms in total. The van der Waals surface area contributed by atoms with E-state index in [1.165, 1.54) is 0 Å². The highest BCUT2D eigenvalue weighted by Crippen LogP contribution is 2.37. The van der Waals surface area contributed by atoms with Crippen molar-refractivity contribution in [3.63, 3.8) is 0 Å². The first kappa shape index (κ1) is 8.86. The number of hydrogen-bond donors (Lipinski definition) is 0. The largest absolute Gasteiger partial charge is 0.212 e. The molecule has 2 aromatic rings. The molecule has 1 aliphatic rings. The summed E-state index contributed by atoms with van der Waals surface area (Å²) in [6.07, 6.45) is 5.88. The maximum Gasteiger partial charge on any atom is 0.212 e. The number of hydrogen-bond acceptors (Lipinski definition) is 0. The second-order valence-electron chi connectivity index (χ2n) is 6.29. The Morgan fingerprint density at radius 3 is 2.64 bits per heavy atom. The second-order valence-corrected chi connectivity index (χ2v) is 6.29. The summed E-state index contributed by atoms with van der Waals surface area (Å²) in [6.45, 7) is -2.68. The van der Waals surface area contributed by atoms with Gasteiger partial charge in [0.25, 0.3) is 0 Å². The normalized spacial score (nSPS) is 23.3. The van der Waals surface area contributed by atoms with Gasteiger partial charge in [0.05, 0.1) is 0 Å². The Hall–Kier alpha value is -1.63. The molecule has 22 heavy (non-hydrogen) atoms. The summed E-state index contributed by atoms with van der Waals surface area (Å²) in [5, 5.41) is 0. The van der Waals surface area contributed by atoms with Gasteiger partial charge in [0, 0.05) is 27.3 Å². The third-order valence-electron chi connectivity index (χ3n) is 4.63. The summed E-state index contributed by atoms with van der Waals surface area (Å²) in [7, 11) is 1.84. The molecule has 1 heterocycles. The quantitative estimate of drug-likeness (QED) is 0.675. The molecule has 116 valence electrons. The summed E-state index contributed by atoms with van der Waals surface area (Å²) in [6, 6.07) is 6.72. The Bertz CT molecular complexity index is 906. The molecule has 0 saturated heterocycles. The summed E-state index contributed by atoms with van der Waals surface area (Å²) < 4.78 is 58.1. The predicted molar refractivity (Wildman–Crippen MR) is 93.1 cm³/mol. The van der Waals surface area contributed by atoms with Crippen LogP contribution in [0.3, 0.4) is 0 Å². The first-order valence-corrected chi connectivity index (χ1v) is 7.99. The molecule has 0 spiro atoms. The van der Waals surface area contributed by atoms with Crippen molar-refractivity contribution in [2.24, 2.45) is 7.05 Å². The highest BCUT2D eigenvalue weighted by molar-refractivity contribution is 5.64. The van der Waals surface area contributed by atoms with Crippen molar-refractivity contribution in [2.75, 3.05) is 0 Å². The predicted octanol–water partition coefficient (Wildman–Crippen LogP) is 5.15. The molecule has 1 fully saturated rings. The van der Waals surface area contributed by atoms with E-state index in [0.717, 1.165) is 30.4 Å². The molecule has 0 N–H and O–H groups in total. The lowest BCUT2D eigenvalue weighted by Gasteiger charge is -2.24. The zero-order chi connectivity index (χ0) is 21.6. The molecule has 0 unspecified atom stereocenters. The van der Waals surface area contributed by atoms with Crippen molar-refractivity contribution in [3.8, 4) is 11.3 Å². The van der Waals surface area contributed by atoms with Crippen molar-refractivity contribution < 1.29 is 14.2 Å². The highest BCUT2D eigenvalue weighted by Gasteiger charge is 2.21. The molecule has 1 saturated carbocycles. The minimum absolute atomic E-state index is 0.240. The van der Waals surface area contributed by atoms with Crippen molar-refractivity contribution >= 4 is 0 Å². The number of rotatable bonds is 2. The Labute approximate surface area is 144 Å². The number of benzene rings is 1. The second kappa shape index (κ2) is 6.24. The minimum atomic E-state index is -2.30. The van der Waals surface area contributed by atoms with Gasteiger partial charge >= 0.3 is 0 Å². The van der Waals surface area contributed by atoms with Gasteiger partial charge in [-0.25, -0.2) is 4.57 Å². The van der Waals surface area contributed by atoms with Gasteiger partial charge in [0.2, 0.25) is 5.69 Å². The fourth-order valence-corrected chi connectivity index (χ4v) is 3.36. The summed E-state index contributed by atoms with van der Waals surface area (Å²) >= 11 is 0. The third-order valence-corrected chi connectivity index (χ3v) is 4.63. The lowest BCUT2D eigenvalue weighted by molar-refractivity contribution is -0.660. The molecular weight excluding hydrogens is 266 g/mol. The van der Waals surface area contributed by atoms with E-state index >= 15 is 0 Å². The van der Waals surface area contributed by atoms with Crippen molar-refractivity contribution in [1.29, 1.82) is 0 Å². The van der Waals surface area contributed by atoms with Crippen LogP contribution >= 0.6 is 0 Å². The van der Waals surface area contributed by atoms with Crippen LogP contribution in [0.4, 0.5) is 0 Å². The summed E-state index contributed by atoms with van der Waals surface area (Å²) in [5.41, 5.74) is 3.28. The SMILES string of the molecule is [2H]C([2H])([2H])c1cc[n+](C)c(-c2cc(C3([2H])CCCCC3)c(C([2H])([2H])[2H])cc2C)c1. The van der Waals surface area contributed by atoms with Crippen molar-refractivity contribution in [1.82, 2.24) is 0 Å². The Kier molecular flexibility index (Phi) is 2.51. The number of pyridine rings is 1. The fraction of sp³-hybridized carbons (Fsp3) is 0.476. The maximum atomic E-state index is 9.06. The average molecular weight is 302 g/mol. The van der Waals surface area contributed by atoms with Gasteiger partial charge in [0.1, 0.15) is 7.05 Å². The molecule has 0 amide bonds. The monoisotopic (exact) mass is 301 g/mol.